The van der Waals surface area contributed by atoms with E-state index in [9.17, 15) is 13.6 Å². The third kappa shape index (κ3) is 2.52. The Bertz CT molecular complexity index is 398. The Labute approximate surface area is 98.0 Å². The Kier molecular flexibility index (Phi) is 3.77. The number of hydrogen-bond acceptors (Lipinski definition) is 4. The van der Waals surface area contributed by atoms with Crippen LogP contribution in [0, 0.1) is 3.70 Å². The Morgan fingerprint density at radius 3 is 2.73 bits per heavy atom. The molecule has 15 heavy (non-hydrogen) atoms. The third-order valence-corrected chi connectivity index (χ3v) is 2.21. The van der Waals surface area contributed by atoms with Gasteiger partial charge in [0.05, 0.1) is 12.7 Å². The monoisotopic (exact) mass is 328 g/mol. The van der Waals surface area contributed by atoms with Crippen LogP contribution < -0.4 is 5.73 Å². The van der Waals surface area contributed by atoms with Crippen molar-refractivity contribution in [2.24, 2.45) is 0 Å². The van der Waals surface area contributed by atoms with E-state index in [-0.39, 0.29) is 5.69 Å². The summed E-state index contributed by atoms with van der Waals surface area (Å²) in [6.45, 7) is 0. The topological polar surface area (TPSA) is 65.2 Å². The second-order valence-corrected chi connectivity index (χ2v) is 3.69. The lowest BCUT2D eigenvalue weighted by Crippen LogP contribution is -2.12. The van der Waals surface area contributed by atoms with Crippen LogP contribution in [0.3, 0.4) is 0 Å². The Balaban J connectivity index is 3.40. The molecule has 0 aromatic carbocycles. The van der Waals surface area contributed by atoms with Crippen molar-refractivity contribution in [2.75, 3.05) is 12.8 Å². The molecule has 0 aliphatic rings. The lowest BCUT2D eigenvalue weighted by molar-refractivity contribution is 0.0581. The van der Waals surface area contributed by atoms with Crippen molar-refractivity contribution in [3.05, 3.63) is 21.0 Å². The number of nitrogens with zero attached hydrogens (tertiary/aromatic N) is 1. The fraction of sp³-hybridized carbons (Fsp3) is 0.250. The van der Waals surface area contributed by atoms with Gasteiger partial charge in [-0.2, -0.15) is 0 Å². The number of carbonyl (C=O) groups excluding carboxylic acids is 1. The summed E-state index contributed by atoms with van der Waals surface area (Å²) in [6.07, 6.45) is -2.86. The number of alkyl halides is 2. The van der Waals surface area contributed by atoms with E-state index in [2.05, 4.69) is 9.72 Å². The molecule has 0 radical (unpaired) electrons. The van der Waals surface area contributed by atoms with Crippen molar-refractivity contribution in [3.8, 4) is 0 Å². The summed E-state index contributed by atoms with van der Waals surface area (Å²) >= 11 is 1.78. The first-order valence-corrected chi connectivity index (χ1v) is 4.87. The molecule has 4 nitrogen and oxygen atoms in total. The van der Waals surface area contributed by atoms with Crippen molar-refractivity contribution in [1.29, 1.82) is 0 Å². The predicted molar refractivity (Wildman–Crippen MR) is 57.7 cm³/mol. The van der Waals surface area contributed by atoms with Crippen molar-refractivity contribution >= 4 is 34.2 Å². The quantitative estimate of drug-likeness (QED) is 0.512. The minimum Gasteiger partial charge on any atom is -0.464 e. The second kappa shape index (κ2) is 4.69. The molecule has 1 aromatic heterocycles. The SMILES string of the molecule is COC(=O)c1nc(I)cc(N)c1C(F)F. The molecule has 0 unspecified atom stereocenters. The summed E-state index contributed by atoms with van der Waals surface area (Å²) in [4.78, 5) is 14.8. The van der Waals surface area contributed by atoms with Crippen LogP contribution in [0.25, 0.3) is 0 Å². The molecule has 1 rings (SSSR count). The van der Waals surface area contributed by atoms with E-state index >= 15 is 0 Å². The van der Waals surface area contributed by atoms with Gasteiger partial charge in [0.2, 0.25) is 0 Å². The van der Waals surface area contributed by atoms with Gasteiger partial charge in [0.1, 0.15) is 3.70 Å². The molecule has 0 fully saturated rings. The zero-order valence-electron chi connectivity index (χ0n) is 7.63. The summed E-state index contributed by atoms with van der Waals surface area (Å²) in [7, 11) is 1.09. The van der Waals surface area contributed by atoms with E-state index in [1.807, 2.05) is 0 Å². The molecule has 0 amide bonds. The Morgan fingerprint density at radius 2 is 2.27 bits per heavy atom. The first-order valence-electron chi connectivity index (χ1n) is 3.79. The zero-order valence-corrected chi connectivity index (χ0v) is 9.79. The average molecular weight is 328 g/mol. The number of pyridine rings is 1. The number of esters is 1. The van der Waals surface area contributed by atoms with E-state index in [1.54, 1.807) is 22.6 Å². The van der Waals surface area contributed by atoms with Crippen molar-refractivity contribution < 1.29 is 18.3 Å². The van der Waals surface area contributed by atoms with Gasteiger partial charge in [-0.05, 0) is 28.7 Å². The molecule has 0 aliphatic carbocycles. The van der Waals surface area contributed by atoms with Gasteiger partial charge in [0, 0.05) is 5.69 Å². The largest absolute Gasteiger partial charge is 0.464 e. The fourth-order valence-corrected chi connectivity index (χ4v) is 1.60. The number of hydrogen-bond donors (Lipinski definition) is 1. The number of nitrogens with two attached hydrogens (primary N) is 1. The van der Waals surface area contributed by atoms with Crippen LogP contribution in [0.1, 0.15) is 22.5 Å². The Hall–Kier alpha value is -0.990. The van der Waals surface area contributed by atoms with Gasteiger partial charge in [-0.25, -0.2) is 18.6 Å². The van der Waals surface area contributed by atoms with Gasteiger partial charge in [0.25, 0.3) is 6.43 Å². The molecular formula is C8H7F2IN2O2. The van der Waals surface area contributed by atoms with E-state index in [0.717, 1.165) is 7.11 Å². The van der Waals surface area contributed by atoms with Crippen molar-refractivity contribution in [3.63, 3.8) is 0 Å². The van der Waals surface area contributed by atoms with Gasteiger partial charge < -0.3 is 10.5 Å². The molecule has 0 saturated heterocycles. The van der Waals surface area contributed by atoms with Crippen LogP contribution in [-0.4, -0.2) is 18.1 Å². The number of nitrogen functional groups attached to an aromatic ring is 1. The molecule has 82 valence electrons. The number of aromatic nitrogens is 1. The summed E-state index contributed by atoms with van der Waals surface area (Å²) in [5, 5.41) is 0. The molecule has 7 heteroatoms. The normalized spacial score (nSPS) is 10.5. The van der Waals surface area contributed by atoms with Crippen molar-refractivity contribution in [2.45, 2.75) is 6.43 Å². The van der Waals surface area contributed by atoms with Crippen LogP contribution in [0.2, 0.25) is 0 Å². The molecule has 1 aromatic rings. The second-order valence-electron chi connectivity index (χ2n) is 2.59. The van der Waals surface area contributed by atoms with Gasteiger partial charge in [-0.3, -0.25) is 0 Å². The molecule has 0 spiro atoms. The van der Waals surface area contributed by atoms with Crippen LogP contribution in [0.5, 0.6) is 0 Å². The smallest absolute Gasteiger partial charge is 0.357 e. The number of halogens is 3. The number of ether oxygens (including phenoxy) is 1. The summed E-state index contributed by atoms with van der Waals surface area (Å²) < 4.78 is 29.9. The Morgan fingerprint density at radius 1 is 1.67 bits per heavy atom. The van der Waals surface area contributed by atoms with Crippen LogP contribution in [0.4, 0.5) is 14.5 Å². The number of rotatable bonds is 2. The summed E-state index contributed by atoms with van der Waals surface area (Å²) in [6, 6.07) is 1.27. The highest BCUT2D eigenvalue weighted by molar-refractivity contribution is 14.1. The van der Waals surface area contributed by atoms with E-state index < -0.39 is 23.7 Å². The van der Waals surface area contributed by atoms with E-state index in [1.165, 1.54) is 6.07 Å². The van der Waals surface area contributed by atoms with Gasteiger partial charge in [-0.1, -0.05) is 0 Å². The molecule has 2 N–H and O–H groups in total. The minimum atomic E-state index is -2.86. The van der Waals surface area contributed by atoms with Crippen LogP contribution >= 0.6 is 22.6 Å². The van der Waals surface area contributed by atoms with Gasteiger partial charge >= 0.3 is 5.97 Å². The summed E-state index contributed by atoms with van der Waals surface area (Å²) in [5.74, 6) is -0.921. The lowest BCUT2D eigenvalue weighted by Gasteiger charge is -2.09. The fourth-order valence-electron chi connectivity index (χ4n) is 1.02. The summed E-state index contributed by atoms with van der Waals surface area (Å²) in [5.41, 5.74) is 4.21. The lowest BCUT2D eigenvalue weighted by atomic mass is 10.1. The molecular weight excluding hydrogens is 321 g/mol. The molecule has 1 heterocycles. The zero-order chi connectivity index (χ0) is 11.6. The predicted octanol–water partition coefficient (Wildman–Crippen LogP) is 1.99. The molecule has 0 saturated carbocycles. The third-order valence-electron chi connectivity index (χ3n) is 1.66. The first-order chi connectivity index (χ1) is 6.97. The van der Waals surface area contributed by atoms with Crippen LogP contribution in [0.15, 0.2) is 6.07 Å². The maximum absolute atomic E-state index is 12.6. The van der Waals surface area contributed by atoms with Gasteiger partial charge in [-0.15, -0.1) is 0 Å². The standard InChI is InChI=1S/C8H7F2IN2O2/c1-15-8(14)6-5(7(9)10)3(12)2-4(11)13-6/h2,7H,1H3,(H2,12,13). The number of anilines is 1. The maximum atomic E-state index is 12.6. The maximum Gasteiger partial charge on any atom is 0.357 e. The molecule has 0 aliphatic heterocycles. The molecule has 0 atom stereocenters. The van der Waals surface area contributed by atoms with Crippen LogP contribution in [-0.2, 0) is 4.74 Å². The molecule has 0 bridgehead atoms. The van der Waals surface area contributed by atoms with Gasteiger partial charge in [0.15, 0.2) is 5.69 Å². The van der Waals surface area contributed by atoms with E-state index in [0.29, 0.717) is 3.70 Å². The van der Waals surface area contributed by atoms with E-state index in [4.69, 9.17) is 5.73 Å². The average Bonchev–Trinajstić information content (AvgIpc) is 2.14. The minimum absolute atomic E-state index is 0.162. The number of methoxy groups -OCH3 is 1. The highest BCUT2D eigenvalue weighted by Crippen LogP contribution is 2.29. The highest BCUT2D eigenvalue weighted by Gasteiger charge is 2.24. The number of carbonyl (C=O) groups is 1. The highest BCUT2D eigenvalue weighted by atomic mass is 127. The van der Waals surface area contributed by atoms with Crippen molar-refractivity contribution in [1.82, 2.24) is 4.98 Å². The first kappa shape index (κ1) is 12.1.